The van der Waals surface area contributed by atoms with Crippen molar-refractivity contribution >= 4 is 31.4 Å². The van der Waals surface area contributed by atoms with Gasteiger partial charge in [-0.05, 0) is 0 Å². The molecule has 8 radical (unpaired) electrons. The van der Waals surface area contributed by atoms with Crippen LogP contribution in [-0.2, 0) is 0 Å². The van der Waals surface area contributed by atoms with E-state index in [-0.39, 0.29) is 23.3 Å². The summed E-state index contributed by atoms with van der Waals surface area (Å²) in [5.74, 6) is -0.370. The molecule has 0 N–H and O–H groups in total. The minimum atomic E-state index is -0.0926. The lowest BCUT2D eigenvalue weighted by Gasteiger charge is -2.48. The van der Waals surface area contributed by atoms with Crippen molar-refractivity contribution in [1.29, 1.82) is 0 Å². The average Bonchev–Trinajstić information content (AvgIpc) is 1.83. The minimum Gasteiger partial charge on any atom is -0.0880 e. The van der Waals surface area contributed by atoms with Crippen LogP contribution in [0.3, 0.4) is 0 Å². The summed E-state index contributed by atoms with van der Waals surface area (Å²) < 4.78 is 0. The van der Waals surface area contributed by atoms with E-state index in [4.69, 9.17) is 31.4 Å². The van der Waals surface area contributed by atoms with E-state index in [9.17, 15) is 0 Å². The normalized spacial score (nSPS) is 55.0. The van der Waals surface area contributed by atoms with Gasteiger partial charge in [0.05, 0.1) is 31.4 Å². The molecule has 32 valence electrons. The maximum absolute atomic E-state index is 5.43. The van der Waals surface area contributed by atoms with Crippen molar-refractivity contribution in [3.63, 3.8) is 0 Å². The van der Waals surface area contributed by atoms with Gasteiger partial charge in [0.1, 0.15) is 0 Å². The van der Waals surface area contributed by atoms with Gasteiger partial charge in [-0.15, -0.1) is 0 Å². The molecule has 0 nitrogen and oxygen atoms in total. The molecule has 0 aromatic heterocycles. The Bertz CT molecular complexity index is 62.0. The first-order valence-electron chi connectivity index (χ1n) is 2.67. The summed E-state index contributed by atoms with van der Waals surface area (Å²) in [4.78, 5) is 0. The molecule has 1 aliphatic rings. The van der Waals surface area contributed by atoms with Crippen LogP contribution in [0.25, 0.3) is 0 Å². The Hall–Kier alpha value is 0.260. The summed E-state index contributed by atoms with van der Waals surface area (Å²) in [6.45, 7) is 0. The third-order valence-corrected chi connectivity index (χ3v) is 1.78. The SMILES string of the molecule is [B]C1C([B])C([B])C1[B]. The van der Waals surface area contributed by atoms with E-state index >= 15 is 0 Å². The first-order chi connectivity index (χ1) is 3.64. The molecule has 0 bridgehead atoms. The van der Waals surface area contributed by atoms with E-state index in [2.05, 4.69) is 0 Å². The zero-order valence-corrected chi connectivity index (χ0v) is 4.62. The van der Waals surface area contributed by atoms with Crippen LogP contribution in [0.5, 0.6) is 0 Å². The highest BCUT2D eigenvalue weighted by atomic mass is 14.3. The summed E-state index contributed by atoms with van der Waals surface area (Å²) in [6.07, 6.45) is 0. The van der Waals surface area contributed by atoms with Gasteiger partial charge in [0.2, 0.25) is 0 Å². The van der Waals surface area contributed by atoms with Crippen LogP contribution >= 0.6 is 0 Å². The van der Waals surface area contributed by atoms with E-state index in [1.165, 1.54) is 0 Å². The average molecular weight is 95.3 g/mol. The Morgan fingerprint density at radius 1 is 0.500 bits per heavy atom. The topological polar surface area (TPSA) is 0 Å². The van der Waals surface area contributed by atoms with E-state index < -0.39 is 0 Å². The number of hydrogen-bond donors (Lipinski definition) is 0. The van der Waals surface area contributed by atoms with E-state index in [1.54, 1.807) is 0 Å². The Balaban J connectivity index is 2.42. The second kappa shape index (κ2) is 1.89. The summed E-state index contributed by atoms with van der Waals surface area (Å²) in [6, 6.07) is 0. The minimum absolute atomic E-state index is 0.0926. The molecule has 1 rings (SSSR count). The molecule has 8 heavy (non-hydrogen) atoms. The van der Waals surface area contributed by atoms with Crippen molar-refractivity contribution in [2.24, 2.45) is 0 Å². The van der Waals surface area contributed by atoms with Gasteiger partial charge in [-0.2, -0.15) is 0 Å². The van der Waals surface area contributed by atoms with Crippen molar-refractivity contribution in [3.8, 4) is 0 Å². The molecular formula is C4H4B4. The fourth-order valence-electron chi connectivity index (χ4n) is 0.881. The third-order valence-electron chi connectivity index (χ3n) is 1.78. The van der Waals surface area contributed by atoms with Crippen molar-refractivity contribution in [1.82, 2.24) is 0 Å². The first kappa shape index (κ1) is 6.38. The van der Waals surface area contributed by atoms with E-state index in [1.807, 2.05) is 0 Å². The molecule has 0 atom stereocenters. The second-order valence-corrected chi connectivity index (χ2v) is 2.31. The van der Waals surface area contributed by atoms with Crippen LogP contribution in [0, 0.1) is 0 Å². The molecule has 0 aromatic carbocycles. The van der Waals surface area contributed by atoms with E-state index in [0.29, 0.717) is 0 Å². The molecule has 1 fully saturated rings. The van der Waals surface area contributed by atoms with Gasteiger partial charge in [-0.1, -0.05) is 23.3 Å². The smallest absolute Gasteiger partial charge is 0.0686 e. The summed E-state index contributed by atoms with van der Waals surface area (Å²) in [7, 11) is 21.7. The Morgan fingerprint density at radius 3 is 0.750 bits per heavy atom. The molecule has 1 saturated carbocycles. The Morgan fingerprint density at radius 2 is 0.625 bits per heavy atom. The lowest BCUT2D eigenvalue weighted by atomic mass is 9.34. The molecule has 0 unspecified atom stereocenters. The lowest BCUT2D eigenvalue weighted by Crippen LogP contribution is -2.30. The predicted octanol–water partition coefficient (Wildman–Crippen LogP) is -0.172. The maximum Gasteiger partial charge on any atom is 0.0686 e. The fraction of sp³-hybridized carbons (Fsp3) is 1.00. The summed E-state index contributed by atoms with van der Waals surface area (Å²) in [5.41, 5.74) is 0. The van der Waals surface area contributed by atoms with Crippen LogP contribution in [0.2, 0.25) is 23.3 Å². The molecule has 4 heteroatoms. The molecular weight excluding hydrogens is 91.3 g/mol. The van der Waals surface area contributed by atoms with Gasteiger partial charge in [-0.25, -0.2) is 0 Å². The van der Waals surface area contributed by atoms with Gasteiger partial charge in [0, 0.05) is 0 Å². The largest absolute Gasteiger partial charge is 0.0880 e. The highest BCUT2D eigenvalue weighted by Crippen LogP contribution is 2.56. The lowest BCUT2D eigenvalue weighted by molar-refractivity contribution is 0.504. The van der Waals surface area contributed by atoms with Crippen LogP contribution in [0.15, 0.2) is 0 Å². The van der Waals surface area contributed by atoms with Gasteiger partial charge >= 0.3 is 0 Å². The Labute approximate surface area is 55.4 Å². The van der Waals surface area contributed by atoms with Crippen LogP contribution in [0.1, 0.15) is 0 Å². The fourth-order valence-corrected chi connectivity index (χ4v) is 0.881. The van der Waals surface area contributed by atoms with Crippen molar-refractivity contribution in [2.45, 2.75) is 23.3 Å². The quantitative estimate of drug-likeness (QED) is 0.366. The first-order valence-corrected chi connectivity index (χ1v) is 2.67. The highest BCUT2D eigenvalue weighted by Gasteiger charge is 2.35. The van der Waals surface area contributed by atoms with Crippen molar-refractivity contribution in [2.75, 3.05) is 0 Å². The van der Waals surface area contributed by atoms with Crippen molar-refractivity contribution in [3.05, 3.63) is 0 Å². The summed E-state index contributed by atoms with van der Waals surface area (Å²) >= 11 is 0. The highest BCUT2D eigenvalue weighted by molar-refractivity contribution is 6.36. The molecule has 0 amide bonds. The number of hydrogen-bond acceptors (Lipinski definition) is 0. The standard InChI is InChI=1S/C4H4B4/c5-1-2(6)4(8)3(1)7/h1-4H. The Kier molecular flexibility index (Phi) is 1.51. The molecule has 0 spiro atoms. The van der Waals surface area contributed by atoms with Gasteiger partial charge in [0.25, 0.3) is 0 Å². The van der Waals surface area contributed by atoms with Crippen LogP contribution in [-0.4, -0.2) is 31.4 Å². The molecule has 1 aliphatic carbocycles. The van der Waals surface area contributed by atoms with Gasteiger partial charge < -0.3 is 0 Å². The zero-order valence-electron chi connectivity index (χ0n) is 4.62. The second-order valence-electron chi connectivity index (χ2n) is 2.31. The van der Waals surface area contributed by atoms with E-state index in [0.717, 1.165) is 0 Å². The monoisotopic (exact) mass is 96.1 g/mol. The summed E-state index contributed by atoms with van der Waals surface area (Å²) in [5, 5.41) is 0. The molecule has 0 aromatic rings. The predicted molar refractivity (Wildman–Crippen MR) is 38.0 cm³/mol. The van der Waals surface area contributed by atoms with Crippen molar-refractivity contribution < 1.29 is 0 Å². The third kappa shape index (κ3) is 0.655. The maximum atomic E-state index is 5.43. The number of rotatable bonds is 0. The van der Waals surface area contributed by atoms with Gasteiger partial charge in [0.15, 0.2) is 0 Å². The molecule has 0 saturated heterocycles. The molecule has 0 aliphatic heterocycles. The molecule has 0 heterocycles. The van der Waals surface area contributed by atoms with Crippen LogP contribution in [0.4, 0.5) is 0 Å². The van der Waals surface area contributed by atoms with Gasteiger partial charge in [-0.3, -0.25) is 0 Å². The van der Waals surface area contributed by atoms with Crippen LogP contribution < -0.4 is 0 Å². The zero-order chi connectivity index (χ0) is 6.31.